The zero-order valence-electron chi connectivity index (χ0n) is 9.31. The van der Waals surface area contributed by atoms with E-state index in [9.17, 15) is 20.1 Å². The second-order valence-electron chi connectivity index (χ2n) is 3.56. The molecule has 1 fully saturated rings. The summed E-state index contributed by atoms with van der Waals surface area (Å²) < 4.78 is 9.61. The predicted molar refractivity (Wildman–Crippen MR) is 54.7 cm³/mol. The monoisotopic (exact) mass is 248 g/mol. The number of hydrogen-bond donors (Lipinski definition) is 4. The first-order chi connectivity index (χ1) is 8.01. The van der Waals surface area contributed by atoms with Gasteiger partial charge in [0.15, 0.2) is 0 Å². The van der Waals surface area contributed by atoms with Gasteiger partial charge in [0.2, 0.25) is 0 Å². The Bertz CT molecular complexity index is 299. The fourth-order valence-electron chi connectivity index (χ4n) is 1.45. The highest BCUT2D eigenvalue weighted by Gasteiger charge is 2.41. The lowest BCUT2D eigenvalue weighted by molar-refractivity contribution is -0.166. The van der Waals surface area contributed by atoms with Crippen LogP contribution in [0.2, 0.25) is 0 Å². The molecule has 0 bridgehead atoms. The third-order valence-electron chi connectivity index (χ3n) is 2.36. The lowest BCUT2D eigenvalue weighted by atomic mass is 9.98. The SMILES string of the molecule is CCOC(=O)/C=C1\O[C@H](CO)[C@H](O)[C@H](O)[C@H]1O. The van der Waals surface area contributed by atoms with E-state index in [4.69, 9.17) is 9.84 Å². The maximum Gasteiger partial charge on any atom is 0.334 e. The standard InChI is InChI=1S/C10H16O7/c1-2-16-7(12)3-5-8(13)10(15)9(14)6(4-11)17-5/h3,6,8-11,13-15H,2,4H2,1H3/b5-3-/t6-,8+,9+,10-/m1/s1. The Balaban J connectivity index is 2.81. The Morgan fingerprint density at radius 3 is 2.59 bits per heavy atom. The van der Waals surface area contributed by atoms with Gasteiger partial charge in [-0.1, -0.05) is 0 Å². The van der Waals surface area contributed by atoms with Crippen molar-refractivity contribution in [2.45, 2.75) is 31.3 Å². The molecule has 7 nitrogen and oxygen atoms in total. The van der Waals surface area contributed by atoms with Gasteiger partial charge in [0.25, 0.3) is 0 Å². The van der Waals surface area contributed by atoms with Gasteiger partial charge in [-0.2, -0.15) is 0 Å². The number of aliphatic hydroxyl groups is 4. The number of aliphatic hydroxyl groups excluding tert-OH is 4. The van der Waals surface area contributed by atoms with Crippen LogP contribution in [0.15, 0.2) is 11.8 Å². The van der Waals surface area contributed by atoms with Crippen LogP contribution in [-0.4, -0.2) is 64.0 Å². The maximum atomic E-state index is 11.1. The third-order valence-corrected chi connectivity index (χ3v) is 2.36. The molecule has 1 aliphatic heterocycles. The molecule has 98 valence electrons. The lowest BCUT2D eigenvalue weighted by Gasteiger charge is -2.36. The second kappa shape index (κ2) is 5.97. The molecule has 1 saturated heterocycles. The van der Waals surface area contributed by atoms with Crippen LogP contribution in [0, 0.1) is 0 Å². The van der Waals surface area contributed by atoms with Crippen LogP contribution >= 0.6 is 0 Å². The molecule has 1 aliphatic rings. The van der Waals surface area contributed by atoms with Crippen LogP contribution in [0.1, 0.15) is 6.92 Å². The summed E-state index contributed by atoms with van der Waals surface area (Å²) in [4.78, 5) is 11.1. The minimum Gasteiger partial charge on any atom is -0.486 e. The molecule has 0 unspecified atom stereocenters. The van der Waals surface area contributed by atoms with Crippen LogP contribution in [0.3, 0.4) is 0 Å². The summed E-state index contributed by atoms with van der Waals surface area (Å²) >= 11 is 0. The van der Waals surface area contributed by atoms with Gasteiger partial charge in [0.1, 0.15) is 30.2 Å². The van der Waals surface area contributed by atoms with Gasteiger partial charge in [-0.25, -0.2) is 4.79 Å². The van der Waals surface area contributed by atoms with Crippen LogP contribution in [0.25, 0.3) is 0 Å². The molecule has 0 aromatic heterocycles. The number of hydrogen-bond acceptors (Lipinski definition) is 7. The van der Waals surface area contributed by atoms with E-state index < -0.39 is 37.0 Å². The first-order valence-corrected chi connectivity index (χ1v) is 5.21. The Hall–Kier alpha value is -1.15. The fraction of sp³-hybridized carbons (Fsp3) is 0.700. The summed E-state index contributed by atoms with van der Waals surface area (Å²) in [6.45, 7) is 1.22. The van der Waals surface area contributed by atoms with Gasteiger partial charge in [0.05, 0.1) is 19.3 Å². The average molecular weight is 248 g/mol. The van der Waals surface area contributed by atoms with Crippen molar-refractivity contribution in [2.24, 2.45) is 0 Å². The highest BCUT2D eigenvalue weighted by molar-refractivity contribution is 5.82. The summed E-state index contributed by atoms with van der Waals surface area (Å²) in [5.74, 6) is -0.970. The third kappa shape index (κ3) is 3.16. The van der Waals surface area contributed by atoms with Gasteiger partial charge in [-0.3, -0.25) is 0 Å². The molecule has 7 heteroatoms. The molecule has 17 heavy (non-hydrogen) atoms. The summed E-state index contributed by atoms with van der Waals surface area (Å²) in [6, 6.07) is 0. The second-order valence-corrected chi connectivity index (χ2v) is 3.56. The van der Waals surface area contributed by atoms with Gasteiger partial charge in [0, 0.05) is 0 Å². The lowest BCUT2D eigenvalue weighted by Crippen LogP contribution is -2.53. The summed E-state index contributed by atoms with van der Waals surface area (Å²) in [6.07, 6.45) is -4.69. The summed E-state index contributed by atoms with van der Waals surface area (Å²) in [7, 11) is 0. The first kappa shape index (κ1) is 13.9. The van der Waals surface area contributed by atoms with Crippen molar-refractivity contribution in [1.29, 1.82) is 0 Å². The number of ether oxygens (including phenoxy) is 2. The van der Waals surface area contributed by atoms with E-state index >= 15 is 0 Å². The van der Waals surface area contributed by atoms with Gasteiger partial charge >= 0.3 is 5.97 Å². The van der Waals surface area contributed by atoms with Crippen molar-refractivity contribution in [1.82, 2.24) is 0 Å². The quantitative estimate of drug-likeness (QED) is 0.334. The van der Waals surface area contributed by atoms with E-state index in [0.29, 0.717) is 0 Å². The van der Waals surface area contributed by atoms with E-state index in [2.05, 4.69) is 4.74 Å². The average Bonchev–Trinajstić information content (AvgIpc) is 2.30. The van der Waals surface area contributed by atoms with Crippen molar-refractivity contribution in [2.75, 3.05) is 13.2 Å². The molecular weight excluding hydrogens is 232 g/mol. The first-order valence-electron chi connectivity index (χ1n) is 5.21. The fourth-order valence-corrected chi connectivity index (χ4v) is 1.45. The highest BCUT2D eigenvalue weighted by atomic mass is 16.5. The summed E-state index contributed by atoms with van der Waals surface area (Å²) in [5.41, 5.74) is 0. The van der Waals surface area contributed by atoms with Crippen LogP contribution < -0.4 is 0 Å². The Labute approximate surface area is 97.9 Å². The van der Waals surface area contributed by atoms with Gasteiger partial charge < -0.3 is 29.9 Å². The van der Waals surface area contributed by atoms with Crippen LogP contribution in [0.5, 0.6) is 0 Å². The topological polar surface area (TPSA) is 116 Å². The molecule has 4 N–H and O–H groups in total. The van der Waals surface area contributed by atoms with Gasteiger partial charge in [-0.05, 0) is 6.92 Å². The maximum absolute atomic E-state index is 11.1. The Morgan fingerprint density at radius 1 is 1.41 bits per heavy atom. The van der Waals surface area contributed by atoms with E-state index in [1.54, 1.807) is 6.92 Å². The van der Waals surface area contributed by atoms with E-state index in [0.717, 1.165) is 6.08 Å². The molecule has 0 aliphatic carbocycles. The molecule has 1 heterocycles. The minimum atomic E-state index is -1.53. The number of carbonyl (C=O) groups excluding carboxylic acids is 1. The molecule has 4 atom stereocenters. The zero-order chi connectivity index (χ0) is 13.0. The predicted octanol–water partition coefficient (Wildman–Crippen LogP) is -2.09. The molecule has 0 aromatic carbocycles. The molecule has 0 amide bonds. The molecule has 0 saturated carbocycles. The van der Waals surface area contributed by atoms with Gasteiger partial charge in [-0.15, -0.1) is 0 Å². The van der Waals surface area contributed by atoms with E-state index in [1.165, 1.54) is 0 Å². The Kier molecular flexibility index (Phi) is 4.88. The molecule has 0 spiro atoms. The van der Waals surface area contributed by atoms with E-state index in [-0.39, 0.29) is 12.4 Å². The Morgan fingerprint density at radius 2 is 2.06 bits per heavy atom. The van der Waals surface area contributed by atoms with Crippen molar-refractivity contribution in [3.05, 3.63) is 11.8 Å². The van der Waals surface area contributed by atoms with Crippen molar-refractivity contribution in [3.63, 3.8) is 0 Å². The largest absolute Gasteiger partial charge is 0.486 e. The number of rotatable bonds is 3. The van der Waals surface area contributed by atoms with Crippen molar-refractivity contribution < 1.29 is 34.7 Å². The highest BCUT2D eigenvalue weighted by Crippen LogP contribution is 2.23. The number of carbonyl (C=O) groups is 1. The zero-order valence-corrected chi connectivity index (χ0v) is 9.31. The van der Waals surface area contributed by atoms with E-state index in [1.807, 2.05) is 0 Å². The normalized spacial score (nSPS) is 35.5. The molecule has 0 aromatic rings. The number of esters is 1. The van der Waals surface area contributed by atoms with Crippen LogP contribution in [0.4, 0.5) is 0 Å². The smallest absolute Gasteiger partial charge is 0.334 e. The molecular formula is C10H16O7. The van der Waals surface area contributed by atoms with Crippen LogP contribution in [-0.2, 0) is 14.3 Å². The molecule has 0 radical (unpaired) electrons. The molecule has 1 rings (SSSR count). The van der Waals surface area contributed by atoms with Crippen molar-refractivity contribution in [3.8, 4) is 0 Å². The minimum absolute atomic E-state index is 0.160. The van der Waals surface area contributed by atoms with Crippen molar-refractivity contribution >= 4 is 5.97 Å². The summed E-state index contributed by atoms with van der Waals surface area (Å²) in [5, 5.41) is 37.3.